The van der Waals surface area contributed by atoms with Gasteiger partial charge in [-0.05, 0) is 104 Å². The molecule has 2 aromatic heterocycles. The van der Waals surface area contributed by atoms with Gasteiger partial charge in [0.2, 0.25) is 7.85 Å². The number of likely N-dealkylation sites (tertiary alicyclic amines) is 2. The highest BCUT2D eigenvalue weighted by Crippen LogP contribution is 2.38. The minimum Gasteiger partial charge on any atom is -0.444 e. The Kier molecular flexibility index (Phi) is 7.27. The van der Waals surface area contributed by atoms with Crippen molar-refractivity contribution >= 4 is 52.6 Å². The molecular formula is C38H39BN6O3. The molecule has 4 aromatic carbocycles. The number of hydrogen-bond donors (Lipinski definition) is 2. The second kappa shape index (κ2) is 11.5. The normalized spacial score (nSPS) is 18.4. The summed E-state index contributed by atoms with van der Waals surface area (Å²) in [5, 5.41) is 2.33. The first kappa shape index (κ1) is 30.2. The number of nitrogens with zero attached hydrogens (tertiary/aromatic N) is 4. The number of fused-ring (bicyclic) bond motifs is 3. The van der Waals surface area contributed by atoms with Crippen LogP contribution in [-0.2, 0) is 4.74 Å². The van der Waals surface area contributed by atoms with Crippen molar-refractivity contribution in [2.45, 2.75) is 64.1 Å². The van der Waals surface area contributed by atoms with Gasteiger partial charge < -0.3 is 19.6 Å². The van der Waals surface area contributed by atoms with Gasteiger partial charge in [-0.2, -0.15) is 0 Å². The maximum atomic E-state index is 13.0. The third-order valence-corrected chi connectivity index (χ3v) is 9.71. The zero-order valence-corrected chi connectivity index (χ0v) is 27.8. The maximum absolute atomic E-state index is 13.0. The van der Waals surface area contributed by atoms with Gasteiger partial charge in [0.25, 0.3) is 0 Å². The van der Waals surface area contributed by atoms with Gasteiger partial charge in [0.1, 0.15) is 17.2 Å². The molecule has 2 saturated heterocycles. The van der Waals surface area contributed by atoms with E-state index in [1.165, 1.54) is 0 Å². The molecule has 0 aliphatic carbocycles. The van der Waals surface area contributed by atoms with Gasteiger partial charge in [0.05, 0.1) is 34.2 Å². The quantitative estimate of drug-likeness (QED) is 0.191. The summed E-state index contributed by atoms with van der Waals surface area (Å²) in [6, 6.07) is 25.5. The van der Waals surface area contributed by atoms with Crippen molar-refractivity contribution in [3.63, 3.8) is 0 Å². The number of H-pyrrole nitrogens is 2. The Morgan fingerprint density at radius 1 is 0.750 bits per heavy atom. The van der Waals surface area contributed by atoms with Gasteiger partial charge in [0, 0.05) is 13.1 Å². The van der Waals surface area contributed by atoms with E-state index in [-0.39, 0.29) is 24.0 Å². The van der Waals surface area contributed by atoms with Gasteiger partial charge in [-0.15, -0.1) is 0 Å². The summed E-state index contributed by atoms with van der Waals surface area (Å²) in [6.07, 6.45) is 3.39. The average Bonchev–Trinajstić information content (AvgIpc) is 3.87. The monoisotopic (exact) mass is 638 g/mol. The third-order valence-electron chi connectivity index (χ3n) is 9.71. The molecule has 242 valence electrons. The summed E-state index contributed by atoms with van der Waals surface area (Å²) in [7, 11) is 1.63. The summed E-state index contributed by atoms with van der Waals surface area (Å²) in [5.41, 5.74) is 7.63. The zero-order chi connectivity index (χ0) is 33.2. The molecule has 0 radical (unpaired) electrons. The second-order valence-corrected chi connectivity index (χ2v) is 14.1. The highest BCUT2D eigenvalue weighted by Gasteiger charge is 2.35. The first-order valence-corrected chi connectivity index (χ1v) is 16.9. The van der Waals surface area contributed by atoms with Crippen molar-refractivity contribution in [2.24, 2.45) is 0 Å². The molecule has 2 N–H and O–H groups in total. The molecule has 10 heteroatoms. The van der Waals surface area contributed by atoms with E-state index < -0.39 is 5.60 Å². The van der Waals surface area contributed by atoms with E-state index in [2.05, 4.69) is 82.8 Å². The van der Waals surface area contributed by atoms with Gasteiger partial charge >= 0.3 is 6.09 Å². The summed E-state index contributed by atoms with van der Waals surface area (Å²) < 4.78 is 5.69. The number of carbonyl (C=O) groups excluding carboxylic acids is 2. The molecule has 2 aliphatic rings. The molecule has 2 fully saturated rings. The Balaban J connectivity index is 1.12. The Morgan fingerprint density at radius 2 is 1.25 bits per heavy atom. The Bertz CT molecular complexity index is 2220. The van der Waals surface area contributed by atoms with Crippen molar-refractivity contribution in [3.05, 3.63) is 84.4 Å². The van der Waals surface area contributed by atoms with Crippen LogP contribution >= 0.6 is 0 Å². The molecule has 2 amide bonds. The molecule has 9 nitrogen and oxygen atoms in total. The standard InChI is InChI=1S/C38H39BN6O3/c1-38(2,3)48-37(47)45-19-7-13-33(45)35-41-29-17-15-23(21-31(29)43-35)25-9-5-10-26-24(8-4-11-27(25)26)22-14-16-28-30(20-22)42-34(40-28)32-12-6-18-44(32)36(39)46/h4-5,8-11,14-17,20-21,32-33H,6-7,12-13,18-19,39H2,1-3H3,(H,40,42)(H,41,43)/t32?,33-/m0/s1. The van der Waals surface area contributed by atoms with Crippen LogP contribution in [0.15, 0.2) is 72.8 Å². The Hall–Kier alpha value is -5.12. The van der Waals surface area contributed by atoms with Gasteiger partial charge in [-0.1, -0.05) is 48.5 Å². The number of rotatable bonds is 4. The number of amides is 2. The van der Waals surface area contributed by atoms with Gasteiger partial charge in [0.15, 0.2) is 5.81 Å². The molecule has 8 rings (SSSR count). The molecule has 48 heavy (non-hydrogen) atoms. The number of benzene rings is 4. The van der Waals surface area contributed by atoms with E-state index in [0.29, 0.717) is 6.54 Å². The lowest BCUT2D eigenvalue weighted by Crippen LogP contribution is -2.36. The number of ether oxygens (including phenoxy) is 1. The van der Waals surface area contributed by atoms with Crippen molar-refractivity contribution in [1.82, 2.24) is 29.7 Å². The Morgan fingerprint density at radius 3 is 1.75 bits per heavy atom. The minimum atomic E-state index is -0.546. The van der Waals surface area contributed by atoms with Crippen LogP contribution in [0.1, 0.15) is 70.2 Å². The molecule has 2 atom stereocenters. The fourth-order valence-electron chi connectivity index (χ4n) is 7.54. The van der Waals surface area contributed by atoms with Crippen LogP contribution < -0.4 is 0 Å². The molecule has 0 bridgehead atoms. The first-order chi connectivity index (χ1) is 23.1. The smallest absolute Gasteiger partial charge is 0.410 e. The third kappa shape index (κ3) is 5.39. The fraction of sp³-hybridized carbons (Fsp3) is 0.316. The highest BCUT2D eigenvalue weighted by molar-refractivity contribution is 6.57. The van der Waals surface area contributed by atoms with Crippen LogP contribution in [0, 0.1) is 0 Å². The van der Waals surface area contributed by atoms with Crippen molar-refractivity contribution < 1.29 is 14.3 Å². The lowest BCUT2D eigenvalue weighted by Gasteiger charge is -2.27. The summed E-state index contributed by atoms with van der Waals surface area (Å²) in [6.45, 7) is 7.12. The molecule has 1 unspecified atom stereocenters. The van der Waals surface area contributed by atoms with Crippen molar-refractivity contribution in [3.8, 4) is 22.3 Å². The van der Waals surface area contributed by atoms with E-state index >= 15 is 0 Å². The predicted molar refractivity (Wildman–Crippen MR) is 192 cm³/mol. The second-order valence-electron chi connectivity index (χ2n) is 14.1. The van der Waals surface area contributed by atoms with Crippen LogP contribution in [0.25, 0.3) is 55.1 Å². The fourth-order valence-corrected chi connectivity index (χ4v) is 7.54. The number of hydrogen-bond acceptors (Lipinski definition) is 5. The predicted octanol–water partition coefficient (Wildman–Crippen LogP) is 7.89. The van der Waals surface area contributed by atoms with E-state index in [9.17, 15) is 9.59 Å². The van der Waals surface area contributed by atoms with Crippen molar-refractivity contribution in [1.29, 1.82) is 0 Å². The molecule has 2 aliphatic heterocycles. The van der Waals surface area contributed by atoms with Crippen LogP contribution in [0.5, 0.6) is 0 Å². The summed E-state index contributed by atoms with van der Waals surface area (Å²) in [5.74, 6) is 1.75. The molecule has 4 heterocycles. The number of aromatic nitrogens is 4. The Labute approximate surface area is 280 Å². The summed E-state index contributed by atoms with van der Waals surface area (Å²) >= 11 is 0. The lowest BCUT2D eigenvalue weighted by atomic mass is 9.93. The van der Waals surface area contributed by atoms with Crippen molar-refractivity contribution in [2.75, 3.05) is 13.1 Å². The average molecular weight is 639 g/mol. The number of nitrogens with one attached hydrogen (secondary N) is 2. The van der Waals surface area contributed by atoms with E-state index in [0.717, 1.165) is 99.0 Å². The maximum Gasteiger partial charge on any atom is 0.410 e. The van der Waals surface area contributed by atoms with Crippen LogP contribution in [0.2, 0.25) is 0 Å². The van der Waals surface area contributed by atoms with E-state index in [1.807, 2.05) is 25.7 Å². The number of aromatic amines is 2. The SMILES string of the molecule is BC(=O)N1CCCC1c1nc2ccc(-c3cccc4c(-c5ccc6nc([C@@H]7CCCN7C(=O)OC(C)(C)C)[nH]c6c5)cccc34)cc2[nH]1. The topological polar surface area (TPSA) is 107 Å². The van der Waals surface area contributed by atoms with Crippen LogP contribution in [0.4, 0.5) is 9.59 Å². The molecule has 6 aromatic rings. The zero-order valence-electron chi connectivity index (χ0n) is 27.8. The number of imidazole rings is 2. The molecule has 0 spiro atoms. The van der Waals surface area contributed by atoms with E-state index in [1.54, 1.807) is 12.7 Å². The van der Waals surface area contributed by atoms with Gasteiger partial charge in [-0.3, -0.25) is 9.69 Å². The van der Waals surface area contributed by atoms with Crippen LogP contribution in [-0.4, -0.2) is 68.2 Å². The largest absolute Gasteiger partial charge is 0.444 e. The molecular weight excluding hydrogens is 599 g/mol. The summed E-state index contributed by atoms with van der Waals surface area (Å²) in [4.78, 5) is 45.7. The molecule has 0 saturated carbocycles. The van der Waals surface area contributed by atoms with Crippen LogP contribution in [0.3, 0.4) is 0 Å². The van der Waals surface area contributed by atoms with Gasteiger partial charge in [-0.25, -0.2) is 14.8 Å². The van der Waals surface area contributed by atoms with E-state index in [4.69, 9.17) is 14.7 Å². The first-order valence-electron chi connectivity index (χ1n) is 16.9. The minimum absolute atomic E-state index is 0.00355. The highest BCUT2D eigenvalue weighted by atomic mass is 16.6. The number of carbonyl (C=O) groups is 2. The lowest BCUT2D eigenvalue weighted by molar-refractivity contribution is 0.0219.